The van der Waals surface area contributed by atoms with E-state index in [1.54, 1.807) is 30.2 Å². The highest BCUT2D eigenvalue weighted by Gasteiger charge is 2.14. The Kier molecular flexibility index (Phi) is 4.49. The molecule has 0 bridgehead atoms. The minimum absolute atomic E-state index is 0.748. The number of aromatic nitrogens is 1. The van der Waals surface area contributed by atoms with Crippen LogP contribution in [-0.4, -0.2) is 17.8 Å². The number of nitrogen functional groups attached to an aromatic ring is 1. The van der Waals surface area contributed by atoms with Crippen molar-refractivity contribution < 1.29 is 4.74 Å². The Morgan fingerprint density at radius 2 is 2.17 bits per heavy atom. The third-order valence-corrected chi connectivity index (χ3v) is 4.66. The van der Waals surface area contributed by atoms with Gasteiger partial charge in [-0.3, -0.25) is 0 Å². The zero-order valence-corrected chi connectivity index (χ0v) is 12.1. The highest BCUT2D eigenvalue weighted by molar-refractivity contribution is 8.01. The molecular weight excluding hydrogens is 264 g/mol. The second kappa shape index (κ2) is 6.11. The Hall–Kier alpha value is -1.20. The number of nitrogens with zero attached hydrogens (tertiary/aromatic N) is 1. The molecule has 18 heavy (non-hydrogen) atoms. The van der Waals surface area contributed by atoms with Crippen LogP contribution in [0.2, 0.25) is 0 Å². The summed E-state index contributed by atoms with van der Waals surface area (Å²) < 4.78 is 6.37. The van der Waals surface area contributed by atoms with Gasteiger partial charge in [0.25, 0.3) is 0 Å². The maximum absolute atomic E-state index is 6.06. The molecule has 0 radical (unpaired) electrons. The van der Waals surface area contributed by atoms with E-state index in [-0.39, 0.29) is 0 Å². The number of rotatable bonds is 5. The minimum Gasteiger partial charge on any atom is -0.496 e. The molecule has 0 aliphatic carbocycles. The van der Waals surface area contributed by atoms with Crippen molar-refractivity contribution in [3.05, 3.63) is 24.3 Å². The quantitative estimate of drug-likeness (QED) is 0.844. The number of para-hydroxylation sites is 1. The van der Waals surface area contributed by atoms with Gasteiger partial charge in [-0.1, -0.05) is 42.2 Å². The smallest absolute Gasteiger partial charge is 0.152 e. The third-order valence-electron chi connectivity index (χ3n) is 2.43. The Labute approximate surface area is 115 Å². The van der Waals surface area contributed by atoms with E-state index in [1.807, 2.05) is 24.3 Å². The number of anilines is 1. The molecule has 1 aromatic carbocycles. The fourth-order valence-corrected chi connectivity index (χ4v) is 3.46. The van der Waals surface area contributed by atoms with Crippen molar-refractivity contribution in [2.45, 2.75) is 17.7 Å². The first-order valence-electron chi connectivity index (χ1n) is 5.78. The molecule has 0 aliphatic heterocycles. The van der Waals surface area contributed by atoms with Crippen LogP contribution in [0.3, 0.4) is 0 Å². The van der Waals surface area contributed by atoms with Crippen LogP contribution in [0.4, 0.5) is 5.00 Å². The molecule has 96 valence electrons. The molecule has 3 nitrogen and oxygen atoms in total. The van der Waals surface area contributed by atoms with Crippen molar-refractivity contribution in [2.24, 2.45) is 0 Å². The van der Waals surface area contributed by atoms with Crippen molar-refractivity contribution >= 4 is 28.1 Å². The van der Waals surface area contributed by atoms with Gasteiger partial charge in [0.15, 0.2) is 4.34 Å². The van der Waals surface area contributed by atoms with E-state index in [0.29, 0.717) is 0 Å². The molecule has 0 unspecified atom stereocenters. The summed E-state index contributed by atoms with van der Waals surface area (Å²) in [5, 5.41) is 0.748. The van der Waals surface area contributed by atoms with E-state index < -0.39 is 0 Å². The molecule has 2 rings (SSSR count). The highest BCUT2D eigenvalue weighted by atomic mass is 32.2. The monoisotopic (exact) mass is 280 g/mol. The van der Waals surface area contributed by atoms with Crippen LogP contribution in [-0.2, 0) is 0 Å². The second-order valence-electron chi connectivity index (χ2n) is 3.74. The van der Waals surface area contributed by atoms with Gasteiger partial charge in [-0.05, 0) is 18.6 Å². The Morgan fingerprint density at radius 3 is 2.89 bits per heavy atom. The van der Waals surface area contributed by atoms with E-state index in [1.165, 1.54) is 0 Å². The lowest BCUT2D eigenvalue weighted by Gasteiger charge is -2.05. The highest BCUT2D eigenvalue weighted by Crippen LogP contribution is 2.39. The maximum atomic E-state index is 6.06. The number of methoxy groups -OCH3 is 1. The molecule has 0 saturated carbocycles. The molecule has 2 N–H and O–H groups in total. The first kappa shape index (κ1) is 13.2. The predicted molar refractivity (Wildman–Crippen MR) is 79.5 cm³/mol. The molecule has 5 heteroatoms. The molecule has 0 amide bonds. The van der Waals surface area contributed by atoms with Crippen molar-refractivity contribution in [1.29, 1.82) is 0 Å². The van der Waals surface area contributed by atoms with Crippen LogP contribution in [0.5, 0.6) is 5.75 Å². The van der Waals surface area contributed by atoms with Gasteiger partial charge in [0, 0.05) is 11.3 Å². The van der Waals surface area contributed by atoms with Gasteiger partial charge in [-0.15, -0.1) is 0 Å². The molecule has 0 aliphatic rings. The normalized spacial score (nSPS) is 10.6. The zero-order valence-electron chi connectivity index (χ0n) is 10.5. The molecule has 0 atom stereocenters. The molecular formula is C13H16N2OS2. The van der Waals surface area contributed by atoms with Crippen molar-refractivity contribution in [3.63, 3.8) is 0 Å². The van der Waals surface area contributed by atoms with Crippen molar-refractivity contribution in [1.82, 2.24) is 4.98 Å². The lowest BCUT2D eigenvalue weighted by atomic mass is 10.1. The summed E-state index contributed by atoms with van der Waals surface area (Å²) in [5.41, 5.74) is 7.84. The van der Waals surface area contributed by atoms with Crippen LogP contribution in [0.1, 0.15) is 13.3 Å². The predicted octanol–water partition coefficient (Wildman–Crippen LogP) is 3.90. The third kappa shape index (κ3) is 2.79. The van der Waals surface area contributed by atoms with Crippen LogP contribution < -0.4 is 10.5 Å². The van der Waals surface area contributed by atoms with E-state index in [2.05, 4.69) is 11.9 Å². The van der Waals surface area contributed by atoms with E-state index in [4.69, 9.17) is 10.5 Å². The fraction of sp³-hybridized carbons (Fsp3) is 0.308. The van der Waals surface area contributed by atoms with Crippen LogP contribution in [0, 0.1) is 0 Å². The number of nitrogens with two attached hydrogens (primary N) is 1. The summed E-state index contributed by atoms with van der Waals surface area (Å²) in [6.45, 7) is 2.16. The molecule has 2 aromatic rings. The summed E-state index contributed by atoms with van der Waals surface area (Å²) in [7, 11) is 1.66. The van der Waals surface area contributed by atoms with E-state index in [0.717, 1.165) is 38.5 Å². The molecule has 0 fully saturated rings. The Morgan fingerprint density at radius 1 is 1.39 bits per heavy atom. The van der Waals surface area contributed by atoms with Crippen LogP contribution >= 0.6 is 23.1 Å². The van der Waals surface area contributed by atoms with E-state index in [9.17, 15) is 0 Å². The van der Waals surface area contributed by atoms with Gasteiger partial charge in [-0.2, -0.15) is 0 Å². The molecule has 0 spiro atoms. The van der Waals surface area contributed by atoms with Crippen molar-refractivity contribution in [3.8, 4) is 17.0 Å². The molecule has 1 heterocycles. The minimum atomic E-state index is 0.748. The SMILES string of the molecule is CCCSc1nc(-c2ccccc2OC)c(N)s1. The lowest BCUT2D eigenvalue weighted by molar-refractivity contribution is 0.416. The first-order chi connectivity index (χ1) is 8.76. The number of benzene rings is 1. The summed E-state index contributed by atoms with van der Waals surface area (Å²) in [4.78, 5) is 4.60. The Bertz CT molecular complexity index is 525. The van der Waals surface area contributed by atoms with E-state index >= 15 is 0 Å². The number of thiazole rings is 1. The van der Waals surface area contributed by atoms with Crippen molar-refractivity contribution in [2.75, 3.05) is 18.6 Å². The average Bonchev–Trinajstić information content (AvgIpc) is 2.77. The number of hydrogen-bond donors (Lipinski definition) is 1. The van der Waals surface area contributed by atoms with Crippen LogP contribution in [0.15, 0.2) is 28.6 Å². The fourth-order valence-electron chi connectivity index (χ4n) is 1.60. The number of ether oxygens (including phenoxy) is 1. The van der Waals surface area contributed by atoms with Gasteiger partial charge in [-0.25, -0.2) is 4.98 Å². The largest absolute Gasteiger partial charge is 0.496 e. The van der Waals surface area contributed by atoms with Gasteiger partial charge in [0.1, 0.15) is 16.4 Å². The number of hydrogen-bond acceptors (Lipinski definition) is 5. The zero-order chi connectivity index (χ0) is 13.0. The van der Waals surface area contributed by atoms with Gasteiger partial charge >= 0.3 is 0 Å². The van der Waals surface area contributed by atoms with Gasteiger partial charge in [0.2, 0.25) is 0 Å². The van der Waals surface area contributed by atoms with Gasteiger partial charge < -0.3 is 10.5 Å². The van der Waals surface area contributed by atoms with Crippen LogP contribution in [0.25, 0.3) is 11.3 Å². The summed E-state index contributed by atoms with van der Waals surface area (Å²) >= 11 is 3.29. The molecule has 1 aromatic heterocycles. The summed E-state index contributed by atoms with van der Waals surface area (Å²) in [6, 6.07) is 7.82. The standard InChI is InChI=1S/C13H16N2OS2/c1-3-8-17-13-15-11(12(14)18-13)9-6-4-5-7-10(9)16-2/h4-7H,3,8,14H2,1-2H3. The topological polar surface area (TPSA) is 48.1 Å². The average molecular weight is 280 g/mol. The van der Waals surface area contributed by atoms with Gasteiger partial charge in [0.05, 0.1) is 7.11 Å². The maximum Gasteiger partial charge on any atom is 0.152 e. The summed E-state index contributed by atoms with van der Waals surface area (Å²) in [5.74, 6) is 1.87. The summed E-state index contributed by atoms with van der Waals surface area (Å²) in [6.07, 6.45) is 1.13. The first-order valence-corrected chi connectivity index (χ1v) is 7.59. The second-order valence-corrected chi connectivity index (χ2v) is 6.11. The lowest BCUT2D eigenvalue weighted by Crippen LogP contribution is -1.90. The Balaban J connectivity index is 2.35. The molecule has 0 saturated heterocycles. The number of thioether (sulfide) groups is 1.